The van der Waals surface area contributed by atoms with Crippen molar-refractivity contribution < 1.29 is 9.83 Å². The number of aliphatic imine (C=N–C) groups is 1. The number of aryl methyl sites for hydroxylation is 1. The maximum absolute atomic E-state index is 12.8. The Morgan fingerprint density at radius 3 is 2.73 bits per heavy atom. The van der Waals surface area contributed by atoms with Gasteiger partial charge in [-0.3, -0.25) is 20.9 Å². The van der Waals surface area contributed by atoms with Gasteiger partial charge in [0, 0.05) is 22.4 Å². The van der Waals surface area contributed by atoms with Gasteiger partial charge >= 0.3 is 0 Å². The number of fused-ring (bicyclic) bond motifs is 2. The average molecular weight is 455 g/mol. The minimum atomic E-state index is -0.215. The van der Waals surface area contributed by atoms with Crippen molar-refractivity contribution in [3.8, 4) is 11.3 Å². The number of allylic oxidation sites excluding steroid dienone is 1. The summed E-state index contributed by atoms with van der Waals surface area (Å²) in [6, 6.07) is 20.6. The second-order valence-corrected chi connectivity index (χ2v) is 8.39. The van der Waals surface area contributed by atoms with E-state index in [1.807, 2.05) is 54.6 Å². The molecule has 4 aromatic rings. The van der Waals surface area contributed by atoms with E-state index < -0.39 is 0 Å². The zero-order valence-electron chi connectivity index (χ0n) is 17.7. The lowest BCUT2D eigenvalue weighted by Crippen LogP contribution is -2.46. The Bertz CT molecular complexity index is 1530. The largest absolute Gasteiger partial charge is 0.455 e. The summed E-state index contributed by atoms with van der Waals surface area (Å²) in [7, 11) is 0. The SMILES string of the molecule is NC(=[NH2+])c1cc(Cl)cc2c(=O)cc(-c3cccc(/C=C/C4=Nc5ccccc5CC4)c3)oc12. The zero-order chi connectivity index (χ0) is 22.9. The Morgan fingerprint density at radius 1 is 1.03 bits per heavy atom. The highest BCUT2D eigenvalue weighted by Crippen LogP contribution is 2.28. The van der Waals surface area contributed by atoms with E-state index in [2.05, 4.69) is 6.07 Å². The molecule has 0 radical (unpaired) electrons. The first-order chi connectivity index (χ1) is 16.0. The van der Waals surface area contributed by atoms with E-state index in [9.17, 15) is 4.79 Å². The highest BCUT2D eigenvalue weighted by molar-refractivity contribution is 6.32. The quantitative estimate of drug-likeness (QED) is 0.355. The summed E-state index contributed by atoms with van der Waals surface area (Å²) in [5.74, 6) is 0.464. The smallest absolute Gasteiger partial charge is 0.274 e. The Hall–Kier alpha value is -3.96. The molecule has 162 valence electrons. The van der Waals surface area contributed by atoms with E-state index in [1.54, 1.807) is 12.1 Å². The van der Waals surface area contributed by atoms with Crippen molar-refractivity contribution in [2.24, 2.45) is 10.7 Å². The van der Waals surface area contributed by atoms with Gasteiger partial charge < -0.3 is 4.42 Å². The fraction of sp³-hybridized carbons (Fsp3) is 0.0741. The van der Waals surface area contributed by atoms with Crippen molar-refractivity contribution in [3.63, 3.8) is 0 Å². The van der Waals surface area contributed by atoms with Crippen LogP contribution >= 0.6 is 11.6 Å². The van der Waals surface area contributed by atoms with Crippen molar-refractivity contribution in [2.45, 2.75) is 12.8 Å². The number of para-hydroxylation sites is 1. The molecule has 1 aliphatic rings. The molecule has 2 heterocycles. The van der Waals surface area contributed by atoms with Crippen molar-refractivity contribution in [2.75, 3.05) is 0 Å². The second kappa shape index (κ2) is 8.52. The van der Waals surface area contributed by atoms with Gasteiger partial charge in [-0.2, -0.15) is 0 Å². The summed E-state index contributed by atoms with van der Waals surface area (Å²) in [6.45, 7) is 0. The first kappa shape index (κ1) is 20.9. The van der Waals surface area contributed by atoms with Gasteiger partial charge in [0.25, 0.3) is 5.84 Å². The Morgan fingerprint density at radius 2 is 1.88 bits per heavy atom. The third-order valence-electron chi connectivity index (χ3n) is 5.65. The number of hydrogen-bond donors (Lipinski definition) is 2. The third-order valence-corrected chi connectivity index (χ3v) is 5.87. The number of amidine groups is 1. The molecule has 0 amide bonds. The van der Waals surface area contributed by atoms with Gasteiger partial charge in [-0.1, -0.05) is 54.1 Å². The second-order valence-electron chi connectivity index (χ2n) is 7.95. The number of nitrogens with zero attached hydrogens (tertiary/aromatic N) is 1. The molecule has 3 aromatic carbocycles. The Kier molecular flexibility index (Phi) is 5.40. The zero-order valence-corrected chi connectivity index (χ0v) is 18.5. The summed E-state index contributed by atoms with van der Waals surface area (Å²) in [6.07, 6.45) is 5.94. The Labute approximate surface area is 195 Å². The van der Waals surface area contributed by atoms with Crippen LogP contribution < -0.4 is 16.6 Å². The van der Waals surface area contributed by atoms with E-state index in [1.165, 1.54) is 11.6 Å². The molecule has 5 rings (SSSR count). The van der Waals surface area contributed by atoms with Crippen LogP contribution in [0.1, 0.15) is 23.1 Å². The van der Waals surface area contributed by atoms with Crippen LogP contribution in [0.5, 0.6) is 0 Å². The number of hydrogen-bond acceptors (Lipinski definition) is 3. The summed E-state index contributed by atoms with van der Waals surface area (Å²) >= 11 is 6.12. The summed E-state index contributed by atoms with van der Waals surface area (Å²) < 4.78 is 6.08. The van der Waals surface area contributed by atoms with Crippen LogP contribution in [0.3, 0.4) is 0 Å². The van der Waals surface area contributed by atoms with E-state index in [4.69, 9.17) is 32.2 Å². The summed E-state index contributed by atoms with van der Waals surface area (Å²) in [5.41, 5.74) is 11.4. The molecule has 0 unspecified atom stereocenters. The first-order valence-electron chi connectivity index (χ1n) is 10.6. The van der Waals surface area contributed by atoms with E-state index >= 15 is 0 Å². The lowest BCUT2D eigenvalue weighted by Gasteiger charge is -2.12. The van der Waals surface area contributed by atoms with Crippen molar-refractivity contribution in [1.29, 1.82) is 0 Å². The van der Waals surface area contributed by atoms with Gasteiger partial charge in [0.1, 0.15) is 11.3 Å². The van der Waals surface area contributed by atoms with Crippen LogP contribution in [0.25, 0.3) is 28.4 Å². The topological polar surface area (TPSA) is 94.2 Å². The predicted octanol–water partition coefficient (Wildman–Crippen LogP) is 4.31. The maximum atomic E-state index is 12.8. The standard InChI is InChI=1S/C27H20ClN3O2/c28-19-13-21-24(32)15-25(33-26(21)22(14-19)27(29)30)18-6-3-4-16(12-18)8-10-20-11-9-17-5-1-2-7-23(17)31-20/h1-8,10,12-15H,9,11H2,(H3,29,30)/p+1/b10-8+. The molecular formula is C27H21ClN3O2+. The minimum absolute atomic E-state index is 0.0364. The van der Waals surface area contributed by atoms with Crippen LogP contribution in [0, 0.1) is 0 Å². The summed E-state index contributed by atoms with van der Waals surface area (Å²) in [5, 5.41) is 6.51. The predicted molar refractivity (Wildman–Crippen MR) is 134 cm³/mol. The fourth-order valence-electron chi connectivity index (χ4n) is 3.99. The molecule has 6 heteroatoms. The molecule has 0 spiro atoms. The molecule has 0 saturated heterocycles. The number of nitrogens with two attached hydrogens (primary N) is 2. The van der Waals surface area contributed by atoms with Crippen molar-refractivity contribution in [1.82, 2.24) is 0 Å². The highest BCUT2D eigenvalue weighted by Gasteiger charge is 2.16. The molecule has 1 aromatic heterocycles. The van der Waals surface area contributed by atoms with Crippen LogP contribution in [-0.4, -0.2) is 11.5 Å². The third kappa shape index (κ3) is 4.23. The van der Waals surface area contributed by atoms with Gasteiger partial charge in [-0.15, -0.1) is 0 Å². The monoisotopic (exact) mass is 454 g/mol. The number of halogens is 1. The molecule has 0 fully saturated rings. The maximum Gasteiger partial charge on any atom is 0.274 e. The molecule has 0 saturated carbocycles. The van der Waals surface area contributed by atoms with Gasteiger partial charge in [-0.05, 0) is 54.3 Å². The molecule has 4 N–H and O–H groups in total. The lowest BCUT2D eigenvalue weighted by molar-refractivity contribution is -0.114. The van der Waals surface area contributed by atoms with E-state index in [0.717, 1.165) is 35.4 Å². The van der Waals surface area contributed by atoms with Crippen LogP contribution in [0.4, 0.5) is 5.69 Å². The van der Waals surface area contributed by atoms with Crippen LogP contribution in [0.15, 0.2) is 87.0 Å². The normalized spacial score (nSPS) is 13.2. The van der Waals surface area contributed by atoms with E-state index in [0.29, 0.717) is 27.3 Å². The molecule has 33 heavy (non-hydrogen) atoms. The molecule has 0 aliphatic carbocycles. The van der Waals surface area contributed by atoms with Gasteiger partial charge in [0.05, 0.1) is 11.1 Å². The van der Waals surface area contributed by atoms with Gasteiger partial charge in [0.2, 0.25) is 0 Å². The van der Waals surface area contributed by atoms with Crippen molar-refractivity contribution >= 4 is 45.9 Å². The average Bonchev–Trinajstić information content (AvgIpc) is 2.82. The molecule has 0 bridgehead atoms. The molecular weight excluding hydrogens is 434 g/mol. The van der Waals surface area contributed by atoms with Gasteiger partial charge in [-0.25, -0.2) is 0 Å². The number of rotatable bonds is 4. The minimum Gasteiger partial charge on any atom is -0.455 e. The van der Waals surface area contributed by atoms with Crippen LogP contribution in [-0.2, 0) is 6.42 Å². The molecule has 0 atom stereocenters. The Balaban J connectivity index is 1.51. The first-order valence-corrected chi connectivity index (χ1v) is 11.0. The number of benzene rings is 3. The van der Waals surface area contributed by atoms with Crippen LogP contribution in [0.2, 0.25) is 5.02 Å². The molecule has 1 aliphatic heterocycles. The van der Waals surface area contributed by atoms with E-state index in [-0.39, 0.29) is 11.3 Å². The lowest BCUT2D eigenvalue weighted by atomic mass is 10.0. The fourth-order valence-corrected chi connectivity index (χ4v) is 4.21. The summed E-state index contributed by atoms with van der Waals surface area (Å²) in [4.78, 5) is 17.5. The highest BCUT2D eigenvalue weighted by atomic mass is 35.5. The molecule has 5 nitrogen and oxygen atoms in total. The van der Waals surface area contributed by atoms with Crippen molar-refractivity contribution in [3.05, 3.63) is 105 Å². The van der Waals surface area contributed by atoms with Gasteiger partial charge in [0.15, 0.2) is 11.0 Å².